The van der Waals surface area contributed by atoms with E-state index in [1.165, 1.54) is 0 Å². The molecule has 0 saturated heterocycles. The average Bonchev–Trinajstić information content (AvgIpc) is 2.37. The second-order valence-electron chi connectivity index (χ2n) is 3.90. The van der Waals surface area contributed by atoms with E-state index in [-0.39, 0.29) is 0 Å². The van der Waals surface area contributed by atoms with Gasteiger partial charge in [-0.25, -0.2) is 0 Å². The summed E-state index contributed by atoms with van der Waals surface area (Å²) in [5.74, 6) is 0.419. The fourth-order valence-corrected chi connectivity index (χ4v) is 6.82. The van der Waals surface area contributed by atoms with Crippen LogP contribution >= 0.6 is 0 Å². The van der Waals surface area contributed by atoms with Crippen LogP contribution in [-0.2, 0) is 24.0 Å². The molecule has 2 rings (SSSR count). The molecule has 18 heavy (non-hydrogen) atoms. The summed E-state index contributed by atoms with van der Waals surface area (Å²) in [7, 11) is -3.37. The summed E-state index contributed by atoms with van der Waals surface area (Å²) in [6.45, 7) is 3.55. The maximum atomic E-state index is 11.8. The van der Waals surface area contributed by atoms with Crippen molar-refractivity contribution in [2.24, 2.45) is 0 Å². The molecule has 3 nitrogen and oxygen atoms in total. The van der Waals surface area contributed by atoms with Crippen molar-refractivity contribution in [1.82, 2.24) is 0 Å². The van der Waals surface area contributed by atoms with Gasteiger partial charge < -0.3 is 0 Å². The second-order valence-corrected chi connectivity index (χ2v) is 13.8. The molecule has 0 bridgehead atoms. The van der Waals surface area contributed by atoms with Gasteiger partial charge in [-0.05, 0) is 0 Å². The van der Waals surface area contributed by atoms with E-state index in [2.05, 4.69) is 6.58 Å². The van der Waals surface area contributed by atoms with Gasteiger partial charge in [0.05, 0.1) is 0 Å². The Hall–Kier alpha value is -1.19. The second kappa shape index (κ2) is 5.64. The van der Waals surface area contributed by atoms with Crippen molar-refractivity contribution in [3.63, 3.8) is 0 Å². The zero-order valence-electron chi connectivity index (χ0n) is 9.87. The predicted octanol–water partition coefficient (Wildman–Crippen LogP) is 3.15. The van der Waals surface area contributed by atoms with Crippen LogP contribution in [0.4, 0.5) is 0 Å². The Labute approximate surface area is 113 Å². The summed E-state index contributed by atoms with van der Waals surface area (Å²) in [6.07, 6.45) is 1.64. The Bertz CT molecular complexity index is 659. The van der Waals surface area contributed by atoms with Gasteiger partial charge in [0, 0.05) is 0 Å². The Kier molecular flexibility index (Phi) is 4.15. The van der Waals surface area contributed by atoms with Gasteiger partial charge >= 0.3 is 113 Å². The van der Waals surface area contributed by atoms with Crippen LogP contribution in [0.25, 0.3) is 10.8 Å². The first-order valence-corrected chi connectivity index (χ1v) is 12.9. The van der Waals surface area contributed by atoms with Crippen molar-refractivity contribution in [3.05, 3.63) is 55.1 Å². The molecule has 0 aromatic heterocycles. The van der Waals surface area contributed by atoms with Crippen molar-refractivity contribution in [3.8, 4) is 5.75 Å². The van der Waals surface area contributed by atoms with E-state index in [1.54, 1.807) is 18.2 Å². The number of fused-ring (bicyclic) bond motifs is 1. The van der Waals surface area contributed by atoms with Crippen LogP contribution in [0.3, 0.4) is 0 Å². The SMILES string of the molecule is C=C[CH2][Zn][S](=O)(=O)Oc1cccc2ccccc12. The molecule has 90 valence electrons. The molecule has 0 N–H and O–H groups in total. The minimum atomic E-state index is -3.37. The van der Waals surface area contributed by atoms with Crippen LogP contribution in [0, 0.1) is 0 Å². The van der Waals surface area contributed by atoms with Gasteiger partial charge in [-0.3, -0.25) is 0 Å². The molecule has 0 saturated carbocycles. The Morgan fingerprint density at radius 3 is 2.67 bits per heavy atom. The van der Waals surface area contributed by atoms with Gasteiger partial charge in [-0.1, -0.05) is 0 Å². The van der Waals surface area contributed by atoms with Gasteiger partial charge in [-0.15, -0.1) is 0 Å². The molecular weight excluding hydrogens is 302 g/mol. The zero-order chi connectivity index (χ0) is 13.0. The molecule has 2 aromatic rings. The number of hydrogen-bond acceptors (Lipinski definition) is 3. The van der Waals surface area contributed by atoms with Crippen molar-refractivity contribution < 1.29 is 28.5 Å². The molecule has 0 heterocycles. The van der Waals surface area contributed by atoms with E-state index < -0.39 is 24.0 Å². The predicted molar refractivity (Wildman–Crippen MR) is 68.5 cm³/mol. The first kappa shape index (κ1) is 13.2. The minimum absolute atomic E-state index is 0.419. The molecule has 0 aliphatic heterocycles. The molecule has 0 aliphatic carbocycles. The fraction of sp³-hybridized carbons (Fsp3) is 0.0769. The van der Waals surface area contributed by atoms with Crippen LogP contribution in [0.2, 0.25) is 5.02 Å². The average molecular weight is 314 g/mol. The van der Waals surface area contributed by atoms with E-state index in [1.807, 2.05) is 30.3 Å². The topological polar surface area (TPSA) is 43.4 Å². The standard InChI is InChI=1S/C10H7O3S.C3H5.Zn/c11-14(12)13-10-7-3-5-8-4-1-2-6-9(8)10;1-3-2;/h1-7H;3H,1-2H2;. The van der Waals surface area contributed by atoms with E-state index >= 15 is 0 Å². The van der Waals surface area contributed by atoms with Gasteiger partial charge in [0.1, 0.15) is 0 Å². The van der Waals surface area contributed by atoms with Gasteiger partial charge in [-0.2, -0.15) is 0 Å². The molecule has 0 unspecified atom stereocenters. The summed E-state index contributed by atoms with van der Waals surface area (Å²) in [4.78, 5) is 0. The molecule has 0 atom stereocenters. The first-order valence-electron chi connectivity index (χ1n) is 5.63. The van der Waals surface area contributed by atoms with Crippen molar-refractivity contribution >= 4 is 18.9 Å². The van der Waals surface area contributed by atoms with E-state index in [9.17, 15) is 8.42 Å². The first-order chi connectivity index (χ1) is 8.62. The zero-order valence-corrected chi connectivity index (χ0v) is 13.7. The van der Waals surface area contributed by atoms with Crippen LogP contribution in [-0.4, -0.2) is 8.42 Å². The van der Waals surface area contributed by atoms with E-state index in [0.717, 1.165) is 10.8 Å². The maximum absolute atomic E-state index is 11.8. The molecule has 0 fully saturated rings. The van der Waals surface area contributed by atoms with Crippen LogP contribution in [0.1, 0.15) is 0 Å². The third-order valence-corrected chi connectivity index (χ3v) is 9.94. The summed E-state index contributed by atoms with van der Waals surface area (Å²) in [5, 5.41) is 2.37. The van der Waals surface area contributed by atoms with Gasteiger partial charge in [0.25, 0.3) is 0 Å². The van der Waals surface area contributed by atoms with Crippen LogP contribution < -0.4 is 4.18 Å². The molecule has 0 amide bonds. The van der Waals surface area contributed by atoms with Gasteiger partial charge in [0.15, 0.2) is 0 Å². The molecule has 5 heteroatoms. The molecular formula is C13H12O3SZn. The summed E-state index contributed by atoms with van der Waals surface area (Å²) in [6, 6.07) is 13.0. The Morgan fingerprint density at radius 2 is 1.89 bits per heavy atom. The Morgan fingerprint density at radius 1 is 1.17 bits per heavy atom. The van der Waals surface area contributed by atoms with E-state index in [4.69, 9.17) is 4.18 Å². The van der Waals surface area contributed by atoms with Gasteiger partial charge in [0.2, 0.25) is 0 Å². The number of allylic oxidation sites excluding steroid dienone is 1. The Balaban J connectivity index is 2.35. The quantitative estimate of drug-likeness (QED) is 0.629. The normalized spacial score (nSPS) is 10.9. The van der Waals surface area contributed by atoms with Crippen LogP contribution in [0.15, 0.2) is 55.1 Å². The molecule has 2 aromatic carbocycles. The molecule has 0 spiro atoms. The third-order valence-electron chi connectivity index (χ3n) is 2.54. The van der Waals surface area contributed by atoms with Crippen molar-refractivity contribution in [2.45, 2.75) is 5.02 Å². The number of rotatable bonds is 5. The summed E-state index contributed by atoms with van der Waals surface area (Å²) >= 11 is -1.79. The van der Waals surface area contributed by atoms with Crippen molar-refractivity contribution in [1.29, 1.82) is 0 Å². The summed E-state index contributed by atoms with van der Waals surface area (Å²) < 4.78 is 28.9. The van der Waals surface area contributed by atoms with Crippen molar-refractivity contribution in [2.75, 3.05) is 0 Å². The monoisotopic (exact) mass is 312 g/mol. The van der Waals surface area contributed by atoms with E-state index in [0.29, 0.717) is 10.8 Å². The molecule has 0 radical (unpaired) electrons. The summed E-state index contributed by atoms with van der Waals surface area (Å²) in [5.41, 5.74) is 0. The fourth-order valence-electron chi connectivity index (χ4n) is 1.67. The number of benzene rings is 2. The molecule has 0 aliphatic rings. The number of hydrogen-bond donors (Lipinski definition) is 0. The third kappa shape index (κ3) is 3.18. The van der Waals surface area contributed by atoms with Crippen LogP contribution in [0.5, 0.6) is 5.75 Å².